The minimum atomic E-state index is -0.559. The number of nitrogens with two attached hydrogens (primary N) is 2. The zero-order chi connectivity index (χ0) is 33.8. The number of carbonyl (C=O) groups is 2. The highest BCUT2D eigenvalue weighted by atomic mass is 127. The normalized spacial score (nSPS) is 20.3. The number of hydrogen-bond donors (Lipinski definition) is 3. The van der Waals surface area contributed by atoms with Crippen LogP contribution in [-0.4, -0.2) is 109 Å². The van der Waals surface area contributed by atoms with E-state index in [0.717, 1.165) is 24.3 Å². The molecule has 0 saturated carbocycles. The lowest BCUT2D eigenvalue weighted by Gasteiger charge is -2.37. The van der Waals surface area contributed by atoms with Crippen LogP contribution in [0.3, 0.4) is 0 Å². The molecule has 5 heterocycles. The Hall–Kier alpha value is -4.64. The Morgan fingerprint density at radius 2 is 1.81 bits per heavy atom. The summed E-state index contributed by atoms with van der Waals surface area (Å²) in [5, 5.41) is 8.68. The summed E-state index contributed by atoms with van der Waals surface area (Å²) >= 11 is 1.77. The van der Waals surface area contributed by atoms with Crippen molar-refractivity contribution in [1.82, 2.24) is 19.8 Å². The molecule has 2 aromatic heterocycles. The highest BCUT2D eigenvalue weighted by Gasteiger charge is 2.51. The van der Waals surface area contributed by atoms with E-state index in [4.69, 9.17) is 19.9 Å². The third-order valence-electron chi connectivity index (χ3n) is 9.28. The van der Waals surface area contributed by atoms with Gasteiger partial charge in [-0.25, -0.2) is 9.98 Å². The Morgan fingerprint density at radius 3 is 2.50 bits per heavy atom. The van der Waals surface area contributed by atoms with Gasteiger partial charge in [0.15, 0.2) is 28.8 Å². The van der Waals surface area contributed by atoms with Crippen LogP contribution in [0, 0.1) is 10.8 Å². The molecule has 3 fully saturated rings. The second-order valence-corrected chi connectivity index (χ2v) is 12.6. The highest BCUT2D eigenvalue weighted by Crippen LogP contribution is 2.42. The molecule has 0 aliphatic carbocycles. The van der Waals surface area contributed by atoms with Gasteiger partial charge in [-0.2, -0.15) is 0 Å². The summed E-state index contributed by atoms with van der Waals surface area (Å²) in [4.78, 5) is 52.0. The summed E-state index contributed by atoms with van der Waals surface area (Å²) in [6, 6.07) is 14.7. The minimum Gasteiger partial charge on any atom is -0.426 e. The van der Waals surface area contributed by atoms with Crippen molar-refractivity contribution in [2.45, 2.75) is 12.8 Å². The first-order chi connectivity index (χ1) is 23.2. The number of nitrogen functional groups attached to an aromatic ring is 1. The van der Waals surface area contributed by atoms with Gasteiger partial charge in [-0.15, -0.1) is 0 Å². The molecular weight excluding hydrogens is 725 g/mol. The second-order valence-electron chi connectivity index (χ2n) is 12.2. The summed E-state index contributed by atoms with van der Waals surface area (Å²) in [6.45, 7) is 4.75. The van der Waals surface area contributed by atoms with Crippen LogP contribution in [0.2, 0.25) is 0 Å². The van der Waals surface area contributed by atoms with E-state index in [2.05, 4.69) is 29.8 Å². The van der Waals surface area contributed by atoms with Crippen molar-refractivity contribution < 1.29 is 12.7 Å². The summed E-state index contributed by atoms with van der Waals surface area (Å²) in [5.41, 5.74) is 14.6. The third kappa shape index (κ3) is 6.82. The van der Waals surface area contributed by atoms with Gasteiger partial charge < -0.3 is 24.3 Å². The Labute approximate surface area is 293 Å². The number of amides is 2. The molecule has 250 valence electrons. The number of carbonyl (C=O) groups excluding carboxylic acids is 2. The fourth-order valence-corrected chi connectivity index (χ4v) is 6.82. The lowest BCUT2D eigenvalue weighted by Crippen LogP contribution is -2.51. The van der Waals surface area contributed by atoms with Crippen LogP contribution in [0.15, 0.2) is 64.7 Å². The lowest BCUT2D eigenvalue weighted by molar-refractivity contribution is -0.133. The number of amidine groups is 1. The van der Waals surface area contributed by atoms with Crippen molar-refractivity contribution in [1.29, 1.82) is 5.41 Å². The number of aromatic nitrogens is 2. The number of nitrogens with one attached hydrogen (secondary N) is 1. The number of nitrogens with zero attached hydrogens (tertiary/aromatic N) is 8. The Bertz CT molecular complexity index is 1740. The van der Waals surface area contributed by atoms with Crippen LogP contribution in [0.1, 0.15) is 29.8 Å². The van der Waals surface area contributed by atoms with Crippen LogP contribution in [0.4, 0.5) is 17.2 Å². The van der Waals surface area contributed by atoms with Gasteiger partial charge in [0, 0.05) is 57.6 Å². The molecule has 48 heavy (non-hydrogen) atoms. The van der Waals surface area contributed by atoms with Crippen LogP contribution in [0.5, 0.6) is 5.75 Å². The van der Waals surface area contributed by atoms with Gasteiger partial charge in [0.05, 0.1) is 29.5 Å². The van der Waals surface area contributed by atoms with Crippen LogP contribution in [0.25, 0.3) is 0 Å². The molecule has 14 nitrogen and oxygen atoms in total. The first-order valence-corrected chi connectivity index (χ1v) is 16.6. The largest absolute Gasteiger partial charge is 0.426 e. The average molecular weight is 764 g/mol. The molecule has 3 aromatic rings. The lowest BCUT2D eigenvalue weighted by atomic mass is 9.85. The summed E-state index contributed by atoms with van der Waals surface area (Å²) < 4.78 is 5.14. The predicted molar refractivity (Wildman–Crippen MR) is 194 cm³/mol. The Kier molecular flexibility index (Phi) is 9.86. The van der Waals surface area contributed by atoms with Crippen molar-refractivity contribution in [3.8, 4) is 5.75 Å². The van der Waals surface area contributed by atoms with Gasteiger partial charge in [-0.1, -0.05) is 0 Å². The molecule has 3 aliphatic heterocycles. The molecule has 0 bridgehead atoms. The van der Waals surface area contributed by atoms with Crippen LogP contribution in [-0.2, 0) is 9.59 Å². The molecule has 15 heteroatoms. The number of aliphatic imine (C=N–C) groups is 2. The van der Waals surface area contributed by atoms with Gasteiger partial charge in [-0.3, -0.25) is 34.8 Å². The molecule has 2 amide bonds. The van der Waals surface area contributed by atoms with Gasteiger partial charge >= 0.3 is 0 Å². The van der Waals surface area contributed by atoms with E-state index in [0.29, 0.717) is 80.9 Å². The number of pyridine rings is 2. The van der Waals surface area contributed by atoms with E-state index in [-0.39, 0.29) is 23.2 Å². The molecule has 1 atom stereocenters. The fraction of sp³-hybridized carbons (Fsp3) is 0.364. The van der Waals surface area contributed by atoms with Gasteiger partial charge in [0.25, 0.3) is 0 Å². The summed E-state index contributed by atoms with van der Waals surface area (Å²) in [7, 11) is 1.64. The van der Waals surface area contributed by atoms with Crippen molar-refractivity contribution in [3.05, 3.63) is 71.7 Å². The highest BCUT2D eigenvalue weighted by molar-refractivity contribution is 14.1. The van der Waals surface area contributed by atoms with Crippen molar-refractivity contribution >= 4 is 69.9 Å². The molecule has 3 saturated heterocycles. The van der Waals surface area contributed by atoms with E-state index >= 15 is 0 Å². The average Bonchev–Trinajstić information content (AvgIpc) is 3.68. The van der Waals surface area contributed by atoms with Gasteiger partial charge in [-0.05, 0) is 67.9 Å². The second kappa shape index (κ2) is 14.2. The molecule has 1 aromatic carbocycles. The SMILES string of the molecule is CN=CN=C(N)c1ccc(N2CCN(C(=O)CN3CC[C@]4(CCN(c5ccc(N)c(C(=N)c6ccc(OI)cn6)n5)C4=O)C3)CC2)cc1. The van der Waals surface area contributed by atoms with Crippen LogP contribution >= 0.6 is 23.0 Å². The Morgan fingerprint density at radius 1 is 1.06 bits per heavy atom. The first kappa shape index (κ1) is 33.3. The van der Waals surface area contributed by atoms with Crippen LogP contribution < -0.4 is 24.3 Å². The first-order valence-electron chi connectivity index (χ1n) is 15.7. The maximum Gasteiger partial charge on any atom is 0.236 e. The van der Waals surface area contributed by atoms with Gasteiger partial charge in [0.2, 0.25) is 11.8 Å². The van der Waals surface area contributed by atoms with Crippen molar-refractivity contribution in [2.75, 3.05) is 74.9 Å². The Balaban J connectivity index is 1.03. The summed E-state index contributed by atoms with van der Waals surface area (Å²) in [6.07, 6.45) is 4.32. The molecule has 3 aliphatic rings. The third-order valence-corrected chi connectivity index (χ3v) is 9.79. The van der Waals surface area contributed by atoms with E-state index in [9.17, 15) is 9.59 Å². The number of benzene rings is 1. The molecule has 1 spiro atoms. The number of piperazine rings is 1. The molecule has 6 rings (SSSR count). The number of halogens is 1. The fourth-order valence-electron chi connectivity index (χ4n) is 6.56. The molecule has 0 unspecified atom stereocenters. The maximum absolute atomic E-state index is 13.9. The molecule has 5 N–H and O–H groups in total. The smallest absolute Gasteiger partial charge is 0.236 e. The molecular formula is C33H38IN11O3. The van der Waals surface area contributed by atoms with Crippen molar-refractivity contribution in [3.63, 3.8) is 0 Å². The number of rotatable bonds is 9. The van der Waals surface area contributed by atoms with E-state index in [1.807, 2.05) is 29.2 Å². The maximum atomic E-state index is 13.9. The zero-order valence-electron chi connectivity index (χ0n) is 26.7. The standard InChI is InChI=1S/C33H38IN11O3/c1-38-21-40-31(37)22-2-4-23(5-3-22)43-14-16-44(17-15-43)28(46)19-42-12-10-33(20-42)11-13-45(32(33)47)27-9-7-25(35)30(41-27)29(36)26-8-6-24(48-34)18-39-26/h2-9,18,21,36H,10-17,19-20,35H2,1H3,(H2,37,38,40)/t33-/m0/s1. The van der Waals surface area contributed by atoms with Crippen molar-refractivity contribution in [2.24, 2.45) is 21.1 Å². The quantitative estimate of drug-likeness (QED) is 0.167. The van der Waals surface area contributed by atoms with E-state index in [1.54, 1.807) is 59.2 Å². The van der Waals surface area contributed by atoms with E-state index in [1.165, 1.54) is 12.5 Å². The number of likely N-dealkylation sites (tertiary alicyclic amines) is 1. The summed E-state index contributed by atoms with van der Waals surface area (Å²) in [5.74, 6) is 1.52. The monoisotopic (exact) mass is 763 g/mol. The topological polar surface area (TPSA) is 183 Å². The number of hydrogen-bond acceptors (Lipinski definition) is 10. The zero-order valence-corrected chi connectivity index (χ0v) is 28.8. The van der Waals surface area contributed by atoms with E-state index < -0.39 is 5.41 Å². The predicted octanol–water partition coefficient (Wildman–Crippen LogP) is 2.34. The van der Waals surface area contributed by atoms with Gasteiger partial charge in [0.1, 0.15) is 29.4 Å². The molecule has 0 radical (unpaired) electrons. The minimum absolute atomic E-state index is 0.0000274. The number of anilines is 3.